The van der Waals surface area contributed by atoms with E-state index in [1.807, 2.05) is 57.2 Å². The standard InChI is InChI=1S/C15H18N2O2/c1-15(2,3)19-14(18)17-9-5-8-13(17)11-6-4-7-12(16)10-11/h4-10H,16H2,1-3H3. The number of benzene rings is 1. The topological polar surface area (TPSA) is 57.2 Å². The molecule has 2 N–H and O–H groups in total. The van der Waals surface area contributed by atoms with Crippen molar-refractivity contribution in [3.8, 4) is 11.3 Å². The van der Waals surface area contributed by atoms with E-state index in [9.17, 15) is 4.79 Å². The van der Waals surface area contributed by atoms with Crippen LogP contribution in [0.2, 0.25) is 0 Å². The molecule has 4 heteroatoms. The van der Waals surface area contributed by atoms with Crippen molar-refractivity contribution in [1.29, 1.82) is 0 Å². The van der Waals surface area contributed by atoms with Gasteiger partial charge >= 0.3 is 6.09 Å². The molecule has 2 rings (SSSR count). The van der Waals surface area contributed by atoms with Gasteiger partial charge in [-0.15, -0.1) is 0 Å². The van der Waals surface area contributed by atoms with Crippen molar-refractivity contribution in [2.45, 2.75) is 26.4 Å². The lowest BCUT2D eigenvalue weighted by molar-refractivity contribution is 0.0540. The zero-order chi connectivity index (χ0) is 14.0. The number of nitrogens with zero attached hydrogens (tertiary/aromatic N) is 1. The third-order valence-electron chi connectivity index (χ3n) is 2.52. The highest BCUT2D eigenvalue weighted by Gasteiger charge is 2.19. The monoisotopic (exact) mass is 258 g/mol. The molecule has 0 saturated carbocycles. The largest absolute Gasteiger partial charge is 0.443 e. The first kappa shape index (κ1) is 13.2. The van der Waals surface area contributed by atoms with Crippen molar-refractivity contribution in [1.82, 2.24) is 4.57 Å². The second-order valence-corrected chi connectivity index (χ2v) is 5.37. The Balaban J connectivity index is 2.35. The van der Waals surface area contributed by atoms with E-state index in [4.69, 9.17) is 10.5 Å². The van der Waals surface area contributed by atoms with E-state index in [1.54, 1.807) is 6.20 Å². The van der Waals surface area contributed by atoms with E-state index >= 15 is 0 Å². The van der Waals surface area contributed by atoms with Crippen molar-refractivity contribution >= 4 is 11.8 Å². The van der Waals surface area contributed by atoms with Crippen LogP contribution in [-0.2, 0) is 4.74 Å². The summed E-state index contributed by atoms with van der Waals surface area (Å²) in [6, 6.07) is 11.1. The van der Waals surface area contributed by atoms with Gasteiger partial charge < -0.3 is 10.5 Å². The number of ether oxygens (including phenoxy) is 1. The molecule has 0 radical (unpaired) electrons. The molecular formula is C15H18N2O2. The molecular weight excluding hydrogens is 240 g/mol. The van der Waals surface area contributed by atoms with Crippen molar-refractivity contribution in [3.05, 3.63) is 42.6 Å². The second-order valence-electron chi connectivity index (χ2n) is 5.37. The number of carbonyl (C=O) groups excluding carboxylic acids is 1. The highest BCUT2D eigenvalue weighted by molar-refractivity contribution is 5.79. The smallest absolute Gasteiger partial charge is 0.418 e. The van der Waals surface area contributed by atoms with Gasteiger partial charge in [0.1, 0.15) is 5.60 Å². The molecule has 0 spiro atoms. The lowest BCUT2D eigenvalue weighted by Crippen LogP contribution is -2.27. The van der Waals surface area contributed by atoms with Crippen molar-refractivity contribution in [2.75, 3.05) is 5.73 Å². The highest BCUT2D eigenvalue weighted by atomic mass is 16.6. The van der Waals surface area contributed by atoms with E-state index in [-0.39, 0.29) is 0 Å². The first-order chi connectivity index (χ1) is 8.87. The Kier molecular flexibility index (Phi) is 3.34. The van der Waals surface area contributed by atoms with Crippen LogP contribution in [-0.4, -0.2) is 16.3 Å². The summed E-state index contributed by atoms with van der Waals surface area (Å²) in [7, 11) is 0. The summed E-state index contributed by atoms with van der Waals surface area (Å²) < 4.78 is 6.85. The van der Waals surface area contributed by atoms with Crippen LogP contribution in [0.1, 0.15) is 20.8 Å². The number of hydrogen-bond donors (Lipinski definition) is 1. The molecule has 0 fully saturated rings. The van der Waals surface area contributed by atoms with Crippen LogP contribution in [0.4, 0.5) is 10.5 Å². The van der Waals surface area contributed by atoms with Crippen molar-refractivity contribution < 1.29 is 9.53 Å². The fraction of sp³-hybridized carbons (Fsp3) is 0.267. The van der Waals surface area contributed by atoms with E-state index in [0.717, 1.165) is 11.3 Å². The Morgan fingerprint density at radius 2 is 1.95 bits per heavy atom. The van der Waals surface area contributed by atoms with Gasteiger partial charge in [-0.25, -0.2) is 4.79 Å². The predicted octanol–water partition coefficient (Wildman–Crippen LogP) is 3.52. The molecule has 2 aromatic rings. The van der Waals surface area contributed by atoms with Gasteiger partial charge in [0.15, 0.2) is 0 Å². The van der Waals surface area contributed by atoms with Crippen molar-refractivity contribution in [3.63, 3.8) is 0 Å². The Morgan fingerprint density at radius 1 is 1.21 bits per heavy atom. The maximum absolute atomic E-state index is 12.1. The first-order valence-electron chi connectivity index (χ1n) is 6.13. The van der Waals surface area contributed by atoms with Gasteiger partial charge in [-0.05, 0) is 45.0 Å². The Labute approximate surface area is 112 Å². The first-order valence-corrected chi connectivity index (χ1v) is 6.13. The summed E-state index contributed by atoms with van der Waals surface area (Å²) in [6.07, 6.45) is 1.29. The second kappa shape index (κ2) is 4.80. The van der Waals surface area contributed by atoms with Gasteiger partial charge in [0.25, 0.3) is 0 Å². The molecule has 0 amide bonds. The third kappa shape index (κ3) is 3.16. The molecule has 1 heterocycles. The number of aromatic nitrogens is 1. The van der Waals surface area contributed by atoms with Gasteiger partial charge in [0, 0.05) is 17.4 Å². The van der Waals surface area contributed by atoms with Gasteiger partial charge in [-0.1, -0.05) is 12.1 Å². The van der Waals surface area contributed by atoms with Gasteiger partial charge in [-0.3, -0.25) is 4.57 Å². The van der Waals surface area contributed by atoms with Crippen LogP contribution in [0, 0.1) is 0 Å². The van der Waals surface area contributed by atoms with Gasteiger partial charge in [0.2, 0.25) is 0 Å². The van der Waals surface area contributed by atoms with Crippen LogP contribution in [0.5, 0.6) is 0 Å². The number of nitrogens with two attached hydrogens (primary N) is 1. The number of rotatable bonds is 1. The molecule has 0 bridgehead atoms. The summed E-state index contributed by atoms with van der Waals surface area (Å²) in [6.45, 7) is 5.53. The lowest BCUT2D eigenvalue weighted by atomic mass is 10.1. The number of carbonyl (C=O) groups is 1. The van der Waals surface area contributed by atoms with Crippen molar-refractivity contribution in [2.24, 2.45) is 0 Å². The fourth-order valence-electron chi connectivity index (χ4n) is 1.78. The number of nitrogen functional groups attached to an aromatic ring is 1. The van der Waals surface area contributed by atoms with Crippen LogP contribution >= 0.6 is 0 Å². The molecule has 4 nitrogen and oxygen atoms in total. The minimum absolute atomic E-state index is 0.394. The molecule has 1 aromatic carbocycles. The quantitative estimate of drug-likeness (QED) is 0.796. The highest BCUT2D eigenvalue weighted by Crippen LogP contribution is 2.23. The van der Waals surface area contributed by atoms with E-state index in [2.05, 4.69) is 0 Å². The summed E-state index contributed by atoms with van der Waals surface area (Å²) in [5.74, 6) is 0. The minimum Gasteiger partial charge on any atom is -0.443 e. The predicted molar refractivity (Wildman–Crippen MR) is 75.9 cm³/mol. The molecule has 0 unspecified atom stereocenters. The van der Waals surface area contributed by atoms with E-state index in [0.29, 0.717) is 5.69 Å². The van der Waals surface area contributed by atoms with Crippen LogP contribution in [0.25, 0.3) is 11.3 Å². The normalized spacial score (nSPS) is 11.3. The van der Waals surface area contributed by atoms with Gasteiger partial charge in [-0.2, -0.15) is 0 Å². The molecule has 0 atom stereocenters. The molecule has 1 aromatic heterocycles. The molecule has 0 aliphatic heterocycles. The maximum Gasteiger partial charge on any atom is 0.418 e. The fourth-order valence-corrected chi connectivity index (χ4v) is 1.78. The maximum atomic E-state index is 12.1. The summed E-state index contributed by atoms with van der Waals surface area (Å²) in [4.78, 5) is 12.1. The summed E-state index contributed by atoms with van der Waals surface area (Å²) in [5.41, 5.74) is 7.56. The number of anilines is 1. The molecule has 0 saturated heterocycles. The molecule has 100 valence electrons. The SMILES string of the molecule is CC(C)(C)OC(=O)n1cccc1-c1cccc(N)c1. The molecule has 0 aliphatic carbocycles. The van der Waals surface area contributed by atoms with Crippen LogP contribution < -0.4 is 5.73 Å². The molecule has 0 aliphatic rings. The average molecular weight is 258 g/mol. The van der Waals surface area contributed by atoms with E-state index < -0.39 is 11.7 Å². The van der Waals surface area contributed by atoms with E-state index in [1.165, 1.54) is 4.57 Å². The summed E-state index contributed by atoms with van der Waals surface area (Å²) in [5, 5.41) is 0. The lowest BCUT2D eigenvalue weighted by Gasteiger charge is -2.20. The number of hydrogen-bond acceptors (Lipinski definition) is 3. The molecule has 19 heavy (non-hydrogen) atoms. The van der Waals surface area contributed by atoms with Crippen LogP contribution in [0.15, 0.2) is 42.6 Å². The Morgan fingerprint density at radius 3 is 2.58 bits per heavy atom. The third-order valence-corrected chi connectivity index (χ3v) is 2.52. The summed E-state index contributed by atoms with van der Waals surface area (Å²) >= 11 is 0. The zero-order valence-electron chi connectivity index (χ0n) is 11.4. The minimum atomic E-state index is -0.520. The van der Waals surface area contributed by atoms with Gasteiger partial charge in [0.05, 0.1) is 5.69 Å². The Hall–Kier alpha value is -2.23. The van der Waals surface area contributed by atoms with Crippen LogP contribution in [0.3, 0.4) is 0 Å². The average Bonchev–Trinajstić information content (AvgIpc) is 2.75. The zero-order valence-corrected chi connectivity index (χ0v) is 11.4. The Bertz CT molecular complexity index is 594.